The highest BCUT2D eigenvalue weighted by atomic mass is 32.2. The lowest BCUT2D eigenvalue weighted by Crippen LogP contribution is -2.36. The Morgan fingerprint density at radius 3 is 1.93 bits per heavy atom. The molecular formula is C26H23NO2S. The van der Waals surface area contributed by atoms with E-state index in [9.17, 15) is 9.90 Å². The molecule has 3 nitrogen and oxygen atoms in total. The Morgan fingerprint density at radius 2 is 1.33 bits per heavy atom. The van der Waals surface area contributed by atoms with Gasteiger partial charge in [0.05, 0.1) is 4.75 Å². The summed E-state index contributed by atoms with van der Waals surface area (Å²) in [5.74, 6) is -0.710. The second-order valence-corrected chi connectivity index (χ2v) is 8.43. The van der Waals surface area contributed by atoms with Crippen molar-refractivity contribution in [3.63, 3.8) is 0 Å². The van der Waals surface area contributed by atoms with Gasteiger partial charge in [-0.1, -0.05) is 103 Å². The summed E-state index contributed by atoms with van der Waals surface area (Å²) in [4.78, 5) is 11.5. The van der Waals surface area contributed by atoms with Crippen LogP contribution in [0.5, 0.6) is 0 Å². The fraction of sp³-hybridized carbons (Fsp3) is 0.115. The van der Waals surface area contributed by atoms with Crippen LogP contribution in [0.1, 0.15) is 16.7 Å². The number of carboxylic acid groups (broad SMARTS) is 1. The van der Waals surface area contributed by atoms with E-state index in [0.29, 0.717) is 0 Å². The second-order valence-electron chi connectivity index (χ2n) is 7.20. The molecule has 4 rings (SSSR count). The fourth-order valence-electron chi connectivity index (χ4n) is 3.89. The van der Waals surface area contributed by atoms with Crippen LogP contribution in [0.2, 0.25) is 0 Å². The minimum absolute atomic E-state index is 0.280. The molecule has 4 heteroatoms. The van der Waals surface area contributed by atoms with Gasteiger partial charge in [-0.15, -0.1) is 11.8 Å². The molecular weight excluding hydrogens is 390 g/mol. The van der Waals surface area contributed by atoms with Crippen molar-refractivity contribution in [1.29, 1.82) is 0 Å². The van der Waals surface area contributed by atoms with Crippen LogP contribution in [-0.4, -0.2) is 22.9 Å². The quantitative estimate of drug-likeness (QED) is 0.405. The number of carboxylic acids is 1. The minimum atomic E-state index is -0.990. The molecule has 150 valence electrons. The number of rotatable bonds is 7. The summed E-state index contributed by atoms with van der Waals surface area (Å²) in [6, 6.07) is 34.2. The molecule has 0 amide bonds. The lowest BCUT2D eigenvalue weighted by atomic mass is 9.82. The zero-order valence-corrected chi connectivity index (χ0v) is 17.3. The number of hydrogen-bond acceptors (Lipinski definition) is 3. The van der Waals surface area contributed by atoms with Gasteiger partial charge in [0.1, 0.15) is 6.04 Å². The van der Waals surface area contributed by atoms with Crippen LogP contribution in [-0.2, 0) is 9.54 Å². The molecule has 30 heavy (non-hydrogen) atoms. The molecule has 0 radical (unpaired) electrons. The van der Waals surface area contributed by atoms with Gasteiger partial charge in [-0.2, -0.15) is 0 Å². The predicted octanol–water partition coefficient (Wildman–Crippen LogP) is 5.28. The number of carbonyl (C=O) groups is 1. The zero-order valence-electron chi connectivity index (χ0n) is 16.4. The molecule has 0 saturated carbocycles. The molecule has 0 spiro atoms. The third-order valence-corrected chi connectivity index (χ3v) is 6.98. The Balaban J connectivity index is 2.03. The van der Waals surface area contributed by atoms with E-state index < -0.39 is 16.8 Å². The third-order valence-electron chi connectivity index (χ3n) is 5.33. The minimum Gasteiger partial charge on any atom is -0.480 e. The zero-order chi connectivity index (χ0) is 21.0. The molecule has 0 fully saturated rings. The summed E-state index contributed by atoms with van der Waals surface area (Å²) in [5, 5.41) is 11.7. The van der Waals surface area contributed by atoms with Gasteiger partial charge in [0, 0.05) is 5.75 Å². The second kappa shape index (κ2) is 8.74. The maximum absolute atomic E-state index is 11.5. The van der Waals surface area contributed by atoms with Crippen LogP contribution in [0, 0.1) is 0 Å². The maximum Gasteiger partial charge on any atom is 0.321 e. The SMILES string of the molecule is N[C@@H](CSC(c1ccccc1)(c1ccccc1)c1cccc2ccccc12)C(=O)O. The van der Waals surface area contributed by atoms with Gasteiger partial charge in [-0.05, 0) is 27.5 Å². The summed E-state index contributed by atoms with van der Waals surface area (Å²) in [6.45, 7) is 0. The number of nitrogens with two attached hydrogens (primary N) is 1. The van der Waals surface area contributed by atoms with Crippen molar-refractivity contribution in [3.8, 4) is 0 Å². The molecule has 4 aromatic rings. The number of hydrogen-bond donors (Lipinski definition) is 2. The Labute approximate surface area is 180 Å². The highest BCUT2D eigenvalue weighted by Crippen LogP contribution is 2.50. The average Bonchev–Trinajstić information content (AvgIpc) is 2.80. The van der Waals surface area contributed by atoms with E-state index in [-0.39, 0.29) is 5.75 Å². The maximum atomic E-state index is 11.5. The van der Waals surface area contributed by atoms with Crippen LogP contribution in [0.15, 0.2) is 103 Å². The Hall–Kier alpha value is -3.08. The molecule has 0 aliphatic rings. The van der Waals surface area contributed by atoms with Gasteiger partial charge < -0.3 is 10.8 Å². The summed E-state index contributed by atoms with van der Waals surface area (Å²) >= 11 is 1.57. The monoisotopic (exact) mass is 413 g/mol. The lowest BCUT2D eigenvalue weighted by Gasteiger charge is -2.36. The van der Waals surface area contributed by atoms with E-state index in [1.54, 1.807) is 11.8 Å². The molecule has 3 N–H and O–H groups in total. The van der Waals surface area contributed by atoms with E-state index in [1.807, 2.05) is 48.5 Å². The van der Waals surface area contributed by atoms with Crippen LogP contribution in [0.25, 0.3) is 10.8 Å². The number of fused-ring (bicyclic) bond motifs is 1. The van der Waals surface area contributed by atoms with Crippen LogP contribution in [0.3, 0.4) is 0 Å². The smallest absolute Gasteiger partial charge is 0.321 e. The van der Waals surface area contributed by atoms with Crippen molar-refractivity contribution < 1.29 is 9.90 Å². The van der Waals surface area contributed by atoms with Crippen molar-refractivity contribution in [1.82, 2.24) is 0 Å². The van der Waals surface area contributed by atoms with Gasteiger partial charge in [0.15, 0.2) is 0 Å². The molecule has 0 heterocycles. The topological polar surface area (TPSA) is 63.3 Å². The fourth-order valence-corrected chi connectivity index (χ4v) is 5.40. The first-order chi connectivity index (χ1) is 14.6. The molecule has 0 bridgehead atoms. The Bertz CT molecular complexity index is 1100. The molecule has 1 atom stereocenters. The van der Waals surface area contributed by atoms with Gasteiger partial charge in [0.2, 0.25) is 0 Å². The van der Waals surface area contributed by atoms with Crippen LogP contribution >= 0.6 is 11.8 Å². The van der Waals surface area contributed by atoms with Crippen molar-refractivity contribution in [2.45, 2.75) is 10.8 Å². The lowest BCUT2D eigenvalue weighted by molar-refractivity contribution is -0.137. The number of benzene rings is 4. The molecule has 0 unspecified atom stereocenters. The van der Waals surface area contributed by atoms with Crippen LogP contribution in [0.4, 0.5) is 0 Å². The Kier molecular flexibility index (Phi) is 5.88. The van der Waals surface area contributed by atoms with E-state index in [2.05, 4.69) is 54.6 Å². The van der Waals surface area contributed by atoms with E-state index in [4.69, 9.17) is 5.73 Å². The highest BCUT2D eigenvalue weighted by Gasteiger charge is 2.39. The third kappa shape index (κ3) is 3.72. The van der Waals surface area contributed by atoms with Crippen molar-refractivity contribution in [3.05, 3.63) is 120 Å². The number of thioether (sulfide) groups is 1. The largest absolute Gasteiger partial charge is 0.480 e. The van der Waals surface area contributed by atoms with Crippen molar-refractivity contribution >= 4 is 28.5 Å². The predicted molar refractivity (Wildman–Crippen MR) is 125 cm³/mol. The van der Waals surface area contributed by atoms with Crippen molar-refractivity contribution in [2.75, 3.05) is 5.75 Å². The molecule has 0 saturated heterocycles. The standard InChI is InChI=1S/C26H23NO2S/c27-24(25(28)29)18-30-26(20-12-3-1-4-13-20,21-14-5-2-6-15-21)23-17-9-11-19-10-7-8-16-22(19)23/h1-17,24H,18,27H2,(H,28,29)/t24-/m0/s1. The van der Waals surface area contributed by atoms with E-state index in [0.717, 1.165) is 27.5 Å². The summed E-state index contributed by atoms with van der Waals surface area (Å²) in [5.41, 5.74) is 9.26. The molecule has 4 aromatic carbocycles. The summed E-state index contributed by atoms with van der Waals surface area (Å²) < 4.78 is -0.601. The summed E-state index contributed by atoms with van der Waals surface area (Å²) in [7, 11) is 0. The molecule has 0 aliphatic heterocycles. The van der Waals surface area contributed by atoms with Gasteiger partial charge in [0.25, 0.3) is 0 Å². The first kappa shape index (κ1) is 20.2. The van der Waals surface area contributed by atoms with Crippen LogP contribution < -0.4 is 5.73 Å². The normalized spacial score (nSPS) is 12.6. The first-order valence-corrected chi connectivity index (χ1v) is 10.8. The van der Waals surface area contributed by atoms with Crippen molar-refractivity contribution in [2.24, 2.45) is 5.73 Å². The van der Waals surface area contributed by atoms with E-state index >= 15 is 0 Å². The molecule has 0 aliphatic carbocycles. The van der Waals surface area contributed by atoms with E-state index in [1.165, 1.54) is 0 Å². The molecule has 0 aromatic heterocycles. The van der Waals surface area contributed by atoms with Gasteiger partial charge >= 0.3 is 5.97 Å². The average molecular weight is 414 g/mol. The highest BCUT2D eigenvalue weighted by molar-refractivity contribution is 8.00. The summed E-state index contributed by atoms with van der Waals surface area (Å²) in [6.07, 6.45) is 0. The van der Waals surface area contributed by atoms with Gasteiger partial charge in [-0.3, -0.25) is 4.79 Å². The Morgan fingerprint density at radius 1 is 0.800 bits per heavy atom. The number of aliphatic carboxylic acids is 1. The first-order valence-electron chi connectivity index (χ1n) is 9.84. The van der Waals surface area contributed by atoms with Gasteiger partial charge in [-0.25, -0.2) is 0 Å².